The van der Waals surface area contributed by atoms with Gasteiger partial charge in [-0.05, 0) is 41.3 Å². The molecule has 0 amide bonds. The fraction of sp³-hybridized carbons (Fsp3) is 0.263. The lowest BCUT2D eigenvalue weighted by molar-refractivity contribution is 0.473. The zero-order chi connectivity index (χ0) is 17.3. The third-order valence-electron chi connectivity index (χ3n) is 4.05. The van der Waals surface area contributed by atoms with E-state index < -0.39 is 0 Å². The van der Waals surface area contributed by atoms with E-state index in [4.69, 9.17) is 0 Å². The summed E-state index contributed by atoms with van der Waals surface area (Å²) in [6.45, 7) is 6.43. The van der Waals surface area contributed by atoms with E-state index in [-0.39, 0.29) is 11.2 Å². The lowest BCUT2D eigenvalue weighted by atomic mass is 9.86. The summed E-state index contributed by atoms with van der Waals surface area (Å²) in [4.78, 5) is 4.33. The number of phenols is 1. The zero-order valence-electron chi connectivity index (χ0n) is 14.4. The highest BCUT2D eigenvalue weighted by molar-refractivity contribution is 6.10. The summed E-state index contributed by atoms with van der Waals surface area (Å²) in [7, 11) is 1.71. The number of aromatic hydroxyl groups is 1. The summed E-state index contributed by atoms with van der Waals surface area (Å²) < 4.78 is 0. The molecule has 5 heteroatoms. The van der Waals surface area contributed by atoms with E-state index in [1.807, 2.05) is 30.3 Å². The van der Waals surface area contributed by atoms with Crippen LogP contribution in [-0.4, -0.2) is 28.2 Å². The maximum absolute atomic E-state index is 10.3. The molecule has 0 bridgehead atoms. The van der Waals surface area contributed by atoms with Crippen LogP contribution in [0.3, 0.4) is 0 Å². The first-order chi connectivity index (χ1) is 11.4. The molecule has 0 radical (unpaired) electrons. The van der Waals surface area contributed by atoms with Crippen molar-refractivity contribution in [3.63, 3.8) is 0 Å². The highest BCUT2D eigenvalue weighted by Gasteiger charge is 2.17. The molecule has 3 N–H and O–H groups in total. The van der Waals surface area contributed by atoms with Gasteiger partial charge in [-0.1, -0.05) is 26.8 Å². The number of nitrogens with zero attached hydrogens (tertiary/aromatic N) is 2. The van der Waals surface area contributed by atoms with Crippen LogP contribution < -0.4 is 5.32 Å². The average molecular weight is 322 g/mol. The SMILES string of the molecule is CN=C(Nc1ccc2cn[nH]c2c1)c1cc(C(C)(C)C)ccc1O. The van der Waals surface area contributed by atoms with Gasteiger partial charge in [0.1, 0.15) is 11.6 Å². The summed E-state index contributed by atoms with van der Waals surface area (Å²) in [5.41, 5.74) is 3.66. The monoisotopic (exact) mass is 322 g/mol. The molecule has 24 heavy (non-hydrogen) atoms. The maximum Gasteiger partial charge on any atom is 0.136 e. The fourth-order valence-corrected chi connectivity index (χ4v) is 2.59. The predicted molar refractivity (Wildman–Crippen MR) is 99.0 cm³/mol. The largest absolute Gasteiger partial charge is 0.507 e. The Morgan fingerprint density at radius 2 is 1.96 bits per heavy atom. The first-order valence-corrected chi connectivity index (χ1v) is 7.89. The number of amidine groups is 1. The molecule has 124 valence electrons. The Bertz CT molecular complexity index is 903. The molecule has 0 aliphatic heterocycles. The molecule has 0 spiro atoms. The van der Waals surface area contributed by atoms with Gasteiger partial charge >= 0.3 is 0 Å². The molecular formula is C19H22N4O. The zero-order valence-corrected chi connectivity index (χ0v) is 14.4. The third kappa shape index (κ3) is 3.11. The minimum Gasteiger partial charge on any atom is -0.507 e. The van der Waals surface area contributed by atoms with Gasteiger partial charge in [-0.15, -0.1) is 0 Å². The topological polar surface area (TPSA) is 73.3 Å². The van der Waals surface area contributed by atoms with Crippen LogP contribution in [0.1, 0.15) is 31.9 Å². The Hall–Kier alpha value is -2.82. The van der Waals surface area contributed by atoms with E-state index in [0.717, 1.165) is 22.2 Å². The molecule has 0 saturated carbocycles. The van der Waals surface area contributed by atoms with Crippen molar-refractivity contribution in [1.82, 2.24) is 10.2 Å². The second-order valence-electron chi connectivity index (χ2n) is 6.85. The second-order valence-corrected chi connectivity index (χ2v) is 6.85. The van der Waals surface area contributed by atoms with Crippen molar-refractivity contribution in [2.75, 3.05) is 12.4 Å². The molecule has 0 aliphatic rings. The van der Waals surface area contributed by atoms with Gasteiger partial charge < -0.3 is 10.4 Å². The Morgan fingerprint density at radius 3 is 2.67 bits per heavy atom. The van der Waals surface area contributed by atoms with Crippen LogP contribution in [0.15, 0.2) is 47.6 Å². The van der Waals surface area contributed by atoms with Crippen molar-refractivity contribution in [3.05, 3.63) is 53.7 Å². The van der Waals surface area contributed by atoms with Crippen molar-refractivity contribution in [2.45, 2.75) is 26.2 Å². The summed E-state index contributed by atoms with van der Waals surface area (Å²) in [5.74, 6) is 0.830. The summed E-state index contributed by atoms with van der Waals surface area (Å²) >= 11 is 0. The van der Waals surface area contributed by atoms with Gasteiger partial charge in [0.2, 0.25) is 0 Å². The minimum atomic E-state index is -0.00384. The number of aromatic nitrogens is 2. The van der Waals surface area contributed by atoms with E-state index in [9.17, 15) is 5.11 Å². The van der Waals surface area contributed by atoms with E-state index in [1.54, 1.807) is 19.3 Å². The fourth-order valence-electron chi connectivity index (χ4n) is 2.59. The number of benzene rings is 2. The van der Waals surface area contributed by atoms with Crippen molar-refractivity contribution in [1.29, 1.82) is 0 Å². The lowest BCUT2D eigenvalue weighted by Crippen LogP contribution is -2.17. The third-order valence-corrected chi connectivity index (χ3v) is 4.05. The molecule has 1 aromatic heterocycles. The van der Waals surface area contributed by atoms with Gasteiger partial charge in [-0.3, -0.25) is 10.1 Å². The van der Waals surface area contributed by atoms with E-state index in [0.29, 0.717) is 11.4 Å². The first-order valence-electron chi connectivity index (χ1n) is 7.89. The predicted octanol–water partition coefficient (Wildman–Crippen LogP) is 4.05. The Labute approximate surface area is 141 Å². The molecule has 0 fully saturated rings. The number of fused-ring (bicyclic) bond motifs is 1. The lowest BCUT2D eigenvalue weighted by Gasteiger charge is -2.21. The molecule has 0 aliphatic carbocycles. The van der Waals surface area contributed by atoms with Crippen molar-refractivity contribution in [3.8, 4) is 5.75 Å². The Morgan fingerprint density at radius 1 is 1.17 bits per heavy atom. The van der Waals surface area contributed by atoms with Crippen LogP contribution in [0, 0.1) is 0 Å². The van der Waals surface area contributed by atoms with Gasteiger partial charge in [0, 0.05) is 18.1 Å². The normalized spacial score (nSPS) is 12.6. The molecule has 5 nitrogen and oxygen atoms in total. The number of rotatable bonds is 2. The molecule has 0 atom stereocenters. The number of anilines is 1. The van der Waals surface area contributed by atoms with Crippen molar-refractivity contribution < 1.29 is 5.11 Å². The van der Waals surface area contributed by atoms with E-state index >= 15 is 0 Å². The summed E-state index contributed by atoms with van der Waals surface area (Å²) in [6.07, 6.45) is 1.78. The van der Waals surface area contributed by atoms with Crippen LogP contribution >= 0.6 is 0 Å². The highest BCUT2D eigenvalue weighted by atomic mass is 16.3. The van der Waals surface area contributed by atoms with Gasteiger partial charge in [0.25, 0.3) is 0 Å². The molecule has 3 rings (SSSR count). The standard InChI is InChI=1S/C19H22N4O/c1-19(2,3)13-6-8-17(24)15(9-13)18(20-4)22-14-7-5-12-11-21-23-16(12)10-14/h5-11,24H,1-4H3,(H,20,22)(H,21,23). The minimum absolute atomic E-state index is 0.00384. The number of H-pyrrole nitrogens is 1. The second kappa shape index (κ2) is 6.00. The number of nitrogens with one attached hydrogen (secondary N) is 2. The number of phenolic OH excluding ortho intramolecular Hbond substituents is 1. The molecule has 0 saturated heterocycles. The van der Waals surface area contributed by atoms with E-state index in [2.05, 4.69) is 41.3 Å². The maximum atomic E-state index is 10.3. The van der Waals surface area contributed by atoms with Gasteiger partial charge in [0.05, 0.1) is 17.3 Å². The quantitative estimate of drug-likeness (QED) is 0.492. The number of hydrogen-bond acceptors (Lipinski definition) is 3. The molecular weight excluding hydrogens is 300 g/mol. The van der Waals surface area contributed by atoms with Crippen LogP contribution in [-0.2, 0) is 5.41 Å². The van der Waals surface area contributed by atoms with Gasteiger partial charge in [-0.25, -0.2) is 0 Å². The highest BCUT2D eigenvalue weighted by Crippen LogP contribution is 2.28. The molecule has 0 unspecified atom stereocenters. The van der Waals surface area contributed by atoms with Crippen LogP contribution in [0.5, 0.6) is 5.75 Å². The van der Waals surface area contributed by atoms with Crippen LogP contribution in [0.2, 0.25) is 0 Å². The smallest absolute Gasteiger partial charge is 0.136 e. The van der Waals surface area contributed by atoms with Crippen LogP contribution in [0.25, 0.3) is 10.9 Å². The summed E-state index contributed by atoms with van der Waals surface area (Å²) in [5, 5.41) is 21.6. The van der Waals surface area contributed by atoms with Crippen molar-refractivity contribution in [2.24, 2.45) is 4.99 Å². The number of aliphatic imine (C=N–C) groups is 1. The average Bonchev–Trinajstić information content (AvgIpc) is 3.00. The number of aromatic amines is 1. The molecule has 2 aromatic carbocycles. The molecule has 1 heterocycles. The number of hydrogen-bond donors (Lipinski definition) is 3. The summed E-state index contributed by atoms with van der Waals surface area (Å²) in [6, 6.07) is 11.6. The van der Waals surface area contributed by atoms with Crippen LogP contribution in [0.4, 0.5) is 5.69 Å². The first kappa shape index (κ1) is 16.1. The molecule has 3 aromatic rings. The van der Waals surface area contributed by atoms with E-state index in [1.165, 1.54) is 0 Å². The van der Waals surface area contributed by atoms with Crippen molar-refractivity contribution >= 4 is 22.4 Å². The Kier molecular flexibility index (Phi) is 4.01. The van der Waals surface area contributed by atoms with Gasteiger partial charge in [-0.2, -0.15) is 5.10 Å². The van der Waals surface area contributed by atoms with Gasteiger partial charge in [0.15, 0.2) is 0 Å². The Balaban J connectivity index is 1.97.